The van der Waals surface area contributed by atoms with Gasteiger partial charge in [-0.1, -0.05) is 48.5 Å². The molecular weight excluding hydrogens is 284 g/mol. The summed E-state index contributed by atoms with van der Waals surface area (Å²) in [6.45, 7) is 2.67. The van der Waals surface area contributed by atoms with E-state index in [2.05, 4.69) is 24.3 Å². The monoisotopic (exact) mass is 301 g/mol. The number of ether oxygens (including phenoxy) is 2. The molecular formula is C21H17O2. The zero-order valence-corrected chi connectivity index (χ0v) is 13.0. The van der Waals surface area contributed by atoms with Gasteiger partial charge in [-0.15, -0.1) is 0 Å². The van der Waals surface area contributed by atoms with E-state index in [-0.39, 0.29) is 0 Å². The summed E-state index contributed by atoms with van der Waals surface area (Å²) in [5.41, 5.74) is 3.40. The van der Waals surface area contributed by atoms with Crippen LogP contribution in [0.3, 0.4) is 0 Å². The van der Waals surface area contributed by atoms with Crippen molar-refractivity contribution in [2.45, 2.75) is 6.92 Å². The maximum Gasteiger partial charge on any atom is 0.131 e. The van der Waals surface area contributed by atoms with Crippen molar-refractivity contribution in [3.63, 3.8) is 0 Å². The van der Waals surface area contributed by atoms with Crippen LogP contribution in [0.4, 0.5) is 0 Å². The van der Waals surface area contributed by atoms with Crippen molar-refractivity contribution in [1.29, 1.82) is 0 Å². The lowest BCUT2D eigenvalue weighted by Crippen LogP contribution is -2.12. The van der Waals surface area contributed by atoms with Crippen LogP contribution >= 0.6 is 0 Å². The van der Waals surface area contributed by atoms with Crippen LogP contribution in [0.5, 0.6) is 17.2 Å². The molecule has 0 aliphatic carbocycles. The van der Waals surface area contributed by atoms with E-state index < -0.39 is 0 Å². The van der Waals surface area contributed by atoms with Gasteiger partial charge in [0.1, 0.15) is 17.2 Å². The van der Waals surface area contributed by atoms with Gasteiger partial charge >= 0.3 is 0 Å². The highest BCUT2D eigenvalue weighted by molar-refractivity contribution is 5.68. The summed E-state index contributed by atoms with van der Waals surface area (Å²) in [5, 5.41) is 0. The first-order valence-corrected chi connectivity index (χ1v) is 7.83. The van der Waals surface area contributed by atoms with Gasteiger partial charge < -0.3 is 9.47 Å². The molecule has 3 aromatic rings. The topological polar surface area (TPSA) is 18.5 Å². The van der Waals surface area contributed by atoms with E-state index in [4.69, 9.17) is 9.47 Å². The number of hydrogen-bond donors (Lipinski definition) is 0. The second-order valence-corrected chi connectivity index (χ2v) is 5.43. The van der Waals surface area contributed by atoms with Gasteiger partial charge in [0.25, 0.3) is 0 Å². The lowest BCUT2D eigenvalue weighted by Gasteiger charge is -2.28. The van der Waals surface area contributed by atoms with Crippen LogP contribution in [0, 0.1) is 5.92 Å². The molecule has 1 heterocycles. The molecule has 1 radical (unpaired) electrons. The highest BCUT2D eigenvalue weighted by Gasteiger charge is 2.28. The van der Waals surface area contributed by atoms with Gasteiger partial charge in [-0.3, -0.25) is 0 Å². The average molecular weight is 301 g/mol. The fourth-order valence-electron chi connectivity index (χ4n) is 2.98. The minimum absolute atomic E-state index is 0.676. The second-order valence-electron chi connectivity index (χ2n) is 5.43. The van der Waals surface area contributed by atoms with Gasteiger partial charge in [0.15, 0.2) is 0 Å². The van der Waals surface area contributed by atoms with Crippen molar-refractivity contribution >= 4 is 0 Å². The van der Waals surface area contributed by atoms with Gasteiger partial charge in [-0.25, -0.2) is 0 Å². The molecule has 4 rings (SSSR count). The van der Waals surface area contributed by atoms with Crippen molar-refractivity contribution < 1.29 is 9.47 Å². The van der Waals surface area contributed by atoms with Gasteiger partial charge in [0.2, 0.25) is 0 Å². The Morgan fingerprint density at radius 1 is 0.739 bits per heavy atom. The second kappa shape index (κ2) is 5.81. The summed E-state index contributed by atoms with van der Waals surface area (Å²) >= 11 is 0. The van der Waals surface area contributed by atoms with Crippen molar-refractivity contribution in [3.05, 3.63) is 95.4 Å². The molecule has 0 amide bonds. The molecule has 0 unspecified atom stereocenters. The molecule has 0 saturated carbocycles. The van der Waals surface area contributed by atoms with Crippen molar-refractivity contribution in [2.24, 2.45) is 0 Å². The van der Waals surface area contributed by atoms with E-state index in [1.165, 1.54) is 5.92 Å². The van der Waals surface area contributed by atoms with Crippen molar-refractivity contribution in [3.8, 4) is 17.2 Å². The van der Waals surface area contributed by atoms with E-state index in [0.717, 1.165) is 33.9 Å². The third-order valence-electron chi connectivity index (χ3n) is 3.99. The summed E-state index contributed by atoms with van der Waals surface area (Å²) < 4.78 is 11.6. The Labute approximate surface area is 136 Å². The Kier molecular flexibility index (Phi) is 3.51. The molecule has 1 aliphatic rings. The smallest absolute Gasteiger partial charge is 0.131 e. The first kappa shape index (κ1) is 13.9. The van der Waals surface area contributed by atoms with E-state index >= 15 is 0 Å². The summed E-state index contributed by atoms with van der Waals surface area (Å²) in [6, 6.07) is 24.6. The van der Waals surface area contributed by atoms with Crippen LogP contribution < -0.4 is 9.47 Å². The van der Waals surface area contributed by atoms with Crippen LogP contribution in [-0.2, 0) is 0 Å². The third kappa shape index (κ3) is 2.46. The number of fused-ring (bicyclic) bond motifs is 2. The van der Waals surface area contributed by atoms with Gasteiger partial charge in [0, 0.05) is 11.1 Å². The lowest BCUT2D eigenvalue weighted by atomic mass is 9.83. The predicted molar refractivity (Wildman–Crippen MR) is 91.1 cm³/mol. The summed E-state index contributed by atoms with van der Waals surface area (Å²) in [4.78, 5) is 0. The molecule has 2 heteroatoms. The quantitative estimate of drug-likeness (QED) is 0.517. The minimum Gasteiger partial charge on any atom is -0.494 e. The molecule has 0 fully saturated rings. The summed E-state index contributed by atoms with van der Waals surface area (Å²) in [7, 11) is 0. The van der Waals surface area contributed by atoms with Gasteiger partial charge in [-0.2, -0.15) is 0 Å². The molecule has 0 bridgehead atoms. The largest absolute Gasteiger partial charge is 0.494 e. The molecule has 0 atom stereocenters. The molecule has 0 saturated heterocycles. The minimum atomic E-state index is 0.676. The first-order valence-electron chi connectivity index (χ1n) is 7.83. The molecule has 23 heavy (non-hydrogen) atoms. The fraction of sp³-hybridized carbons (Fsp3) is 0.0952. The van der Waals surface area contributed by atoms with Gasteiger partial charge in [0.05, 0.1) is 12.5 Å². The fourth-order valence-corrected chi connectivity index (χ4v) is 2.98. The van der Waals surface area contributed by atoms with Crippen LogP contribution in [0.1, 0.15) is 23.6 Å². The van der Waals surface area contributed by atoms with Gasteiger partial charge in [-0.05, 0) is 36.8 Å². The lowest BCUT2D eigenvalue weighted by molar-refractivity contribution is 0.340. The Hall–Kier alpha value is -2.74. The molecule has 0 aromatic heterocycles. The SMILES string of the molecule is CCOc1ccc([C]2c3ccccc3Oc3ccccc32)cc1. The Morgan fingerprint density at radius 3 is 1.87 bits per heavy atom. The Balaban J connectivity index is 1.84. The van der Waals surface area contributed by atoms with E-state index in [9.17, 15) is 0 Å². The summed E-state index contributed by atoms with van der Waals surface area (Å²) in [6.07, 6.45) is 0. The van der Waals surface area contributed by atoms with E-state index in [1.54, 1.807) is 0 Å². The average Bonchev–Trinajstić information content (AvgIpc) is 2.61. The van der Waals surface area contributed by atoms with E-state index in [1.807, 2.05) is 55.5 Å². The highest BCUT2D eigenvalue weighted by atomic mass is 16.5. The number of rotatable bonds is 3. The van der Waals surface area contributed by atoms with Crippen LogP contribution in [0.15, 0.2) is 72.8 Å². The highest BCUT2D eigenvalue weighted by Crippen LogP contribution is 2.46. The van der Waals surface area contributed by atoms with Crippen molar-refractivity contribution in [2.75, 3.05) is 6.61 Å². The molecule has 0 spiro atoms. The molecule has 3 aromatic carbocycles. The first-order chi connectivity index (χ1) is 11.4. The zero-order chi connectivity index (χ0) is 15.6. The molecule has 2 nitrogen and oxygen atoms in total. The standard InChI is InChI=1S/C21H17O2/c1-2-22-16-13-11-15(12-14-16)21-17-7-3-5-9-19(17)23-20-10-6-4-8-18(20)21/h3-14H,2H2,1H3. The number of hydrogen-bond acceptors (Lipinski definition) is 2. The number of benzene rings is 3. The predicted octanol–water partition coefficient (Wildman–Crippen LogP) is 5.21. The maximum atomic E-state index is 6.05. The molecule has 1 aliphatic heterocycles. The Bertz CT molecular complexity index is 776. The van der Waals surface area contributed by atoms with E-state index in [0.29, 0.717) is 6.61 Å². The zero-order valence-electron chi connectivity index (χ0n) is 13.0. The van der Waals surface area contributed by atoms with Crippen molar-refractivity contribution in [1.82, 2.24) is 0 Å². The normalized spacial score (nSPS) is 12.9. The third-order valence-corrected chi connectivity index (χ3v) is 3.99. The van der Waals surface area contributed by atoms with Crippen LogP contribution in [-0.4, -0.2) is 6.61 Å². The maximum absolute atomic E-state index is 6.05. The summed E-state index contributed by atoms with van der Waals surface area (Å²) in [5.74, 6) is 3.89. The van der Waals surface area contributed by atoms with Crippen LogP contribution in [0.25, 0.3) is 0 Å². The Morgan fingerprint density at radius 2 is 1.30 bits per heavy atom. The molecule has 113 valence electrons. The van der Waals surface area contributed by atoms with Crippen LogP contribution in [0.2, 0.25) is 0 Å². The molecule has 0 N–H and O–H groups in total. The number of para-hydroxylation sites is 2.